The van der Waals surface area contributed by atoms with Crippen LogP contribution in [0.1, 0.15) is 5.56 Å². The van der Waals surface area contributed by atoms with Crippen molar-refractivity contribution < 1.29 is 0 Å². The molecule has 88 heavy (non-hydrogen) atoms. The highest BCUT2D eigenvalue weighted by molar-refractivity contribution is 6.23. The SMILES string of the molecule is N#Cc1ccc(-c2c(-n3c4ccccc4c4ccccc43)c(-n3c4ccccc4c4ccccc43)c(-n3c4ccccc4c4c3c3ccccc3n4-c3ccccc3)c(-n3c4ccccc4c4ccccc43)c2-n2c3ccccc3c3ccccc32)nc1. The second-order valence-corrected chi connectivity index (χ2v) is 22.9. The Hall–Kier alpha value is -12.2. The third-order valence-electron chi connectivity index (χ3n) is 18.4. The molecule has 0 aliphatic heterocycles. The molecule has 19 rings (SSSR count). The van der Waals surface area contributed by atoms with Crippen LogP contribution < -0.4 is 0 Å². The lowest BCUT2D eigenvalue weighted by atomic mass is 9.97. The van der Waals surface area contributed by atoms with Crippen molar-refractivity contribution in [3.8, 4) is 51.5 Å². The summed E-state index contributed by atoms with van der Waals surface area (Å²) in [5.41, 5.74) is 20.4. The highest BCUT2D eigenvalue weighted by atomic mass is 15.2. The maximum absolute atomic E-state index is 10.7. The van der Waals surface area contributed by atoms with Crippen LogP contribution in [-0.2, 0) is 0 Å². The molecule has 0 N–H and O–H groups in total. The summed E-state index contributed by atoms with van der Waals surface area (Å²) in [7, 11) is 0. The largest absolute Gasteiger partial charge is 0.307 e. The first-order valence-corrected chi connectivity index (χ1v) is 29.9. The van der Waals surface area contributed by atoms with Crippen molar-refractivity contribution in [1.82, 2.24) is 32.4 Å². The van der Waals surface area contributed by atoms with Crippen LogP contribution >= 0.6 is 0 Å². The lowest BCUT2D eigenvalue weighted by Crippen LogP contribution is -2.18. The van der Waals surface area contributed by atoms with Gasteiger partial charge in [0.05, 0.1) is 111 Å². The molecule has 7 heterocycles. The molecule has 0 atom stereocenters. The normalized spacial score (nSPS) is 12.1. The van der Waals surface area contributed by atoms with Crippen LogP contribution in [0.25, 0.3) is 165 Å². The van der Waals surface area contributed by atoms with Crippen LogP contribution in [0.3, 0.4) is 0 Å². The van der Waals surface area contributed by atoms with Crippen LogP contribution in [0.5, 0.6) is 0 Å². The first-order chi connectivity index (χ1) is 43.7. The first-order valence-electron chi connectivity index (χ1n) is 29.9. The van der Waals surface area contributed by atoms with Crippen LogP contribution in [-0.4, -0.2) is 32.4 Å². The molecule has 7 aromatic heterocycles. The van der Waals surface area contributed by atoms with E-state index in [2.05, 4.69) is 313 Å². The van der Waals surface area contributed by atoms with Crippen molar-refractivity contribution in [1.29, 1.82) is 5.26 Å². The molecule has 408 valence electrons. The number of nitrogens with zero attached hydrogens (tertiary/aromatic N) is 8. The van der Waals surface area contributed by atoms with E-state index >= 15 is 0 Å². The number of aromatic nitrogens is 7. The van der Waals surface area contributed by atoms with Gasteiger partial charge in [-0.05, 0) is 84.9 Å². The van der Waals surface area contributed by atoms with Gasteiger partial charge in [-0.2, -0.15) is 5.26 Å². The molecule has 0 amide bonds. The lowest BCUT2D eigenvalue weighted by Gasteiger charge is -2.31. The molecule has 8 heteroatoms. The van der Waals surface area contributed by atoms with E-state index in [1.807, 2.05) is 6.07 Å². The number of hydrogen-bond donors (Lipinski definition) is 0. The van der Waals surface area contributed by atoms with Crippen LogP contribution in [0.4, 0.5) is 0 Å². The summed E-state index contributed by atoms with van der Waals surface area (Å²) in [6.45, 7) is 0. The third-order valence-corrected chi connectivity index (χ3v) is 18.4. The van der Waals surface area contributed by atoms with Gasteiger partial charge in [-0.15, -0.1) is 0 Å². The minimum Gasteiger partial charge on any atom is -0.307 e. The second-order valence-electron chi connectivity index (χ2n) is 22.9. The van der Waals surface area contributed by atoms with Gasteiger partial charge >= 0.3 is 0 Å². The number of hydrogen-bond acceptors (Lipinski definition) is 2. The Kier molecular flexibility index (Phi) is 10.1. The van der Waals surface area contributed by atoms with Gasteiger partial charge in [-0.25, -0.2) is 0 Å². The highest BCUT2D eigenvalue weighted by Crippen LogP contribution is 2.55. The fraction of sp³-hybridized carbons (Fsp3) is 0. The van der Waals surface area contributed by atoms with Gasteiger partial charge in [0.2, 0.25) is 0 Å². The number of fused-ring (bicyclic) bond motifs is 17. The monoisotopic (exact) mass is 1120 g/mol. The summed E-state index contributed by atoms with van der Waals surface area (Å²) in [6.07, 6.45) is 1.75. The molecule has 0 radical (unpaired) electrons. The van der Waals surface area contributed by atoms with Gasteiger partial charge in [-0.1, -0.05) is 200 Å². The van der Waals surface area contributed by atoms with Gasteiger partial charge in [0.1, 0.15) is 6.07 Å². The van der Waals surface area contributed by atoms with E-state index < -0.39 is 0 Å². The van der Waals surface area contributed by atoms with Crippen molar-refractivity contribution >= 4 is 120 Å². The Morgan fingerprint density at radius 1 is 0.239 bits per heavy atom. The molecule has 0 bridgehead atoms. The molecule has 0 aliphatic carbocycles. The Labute approximate surface area is 503 Å². The Morgan fingerprint density at radius 3 is 0.818 bits per heavy atom. The minimum absolute atomic E-state index is 0.471. The van der Waals surface area contributed by atoms with Crippen molar-refractivity contribution in [3.63, 3.8) is 0 Å². The van der Waals surface area contributed by atoms with Crippen LogP contribution in [0.2, 0.25) is 0 Å². The lowest BCUT2D eigenvalue weighted by molar-refractivity contribution is 1.000. The minimum atomic E-state index is 0.471. The molecule has 0 unspecified atom stereocenters. The predicted molar refractivity (Wildman–Crippen MR) is 363 cm³/mol. The molecular weight excluding hydrogens is 1070 g/mol. The summed E-state index contributed by atoms with van der Waals surface area (Å²) >= 11 is 0. The first kappa shape index (κ1) is 48.2. The molecule has 0 aliphatic rings. The number of para-hydroxylation sites is 11. The third kappa shape index (κ3) is 6.48. The number of nitriles is 1. The van der Waals surface area contributed by atoms with Gasteiger partial charge in [0, 0.05) is 65.7 Å². The van der Waals surface area contributed by atoms with E-state index in [0.29, 0.717) is 11.3 Å². The Morgan fingerprint density at radius 2 is 0.500 bits per heavy atom. The Balaban J connectivity index is 1.22. The fourth-order valence-corrected chi connectivity index (χ4v) is 15.0. The van der Waals surface area contributed by atoms with E-state index in [-0.39, 0.29) is 0 Å². The predicted octanol–water partition coefficient (Wildman–Crippen LogP) is 20.0. The zero-order valence-corrected chi connectivity index (χ0v) is 47.3. The molecule has 0 spiro atoms. The molecule has 0 saturated carbocycles. The molecule has 12 aromatic carbocycles. The average molecular weight is 1120 g/mol. The summed E-state index contributed by atoms with van der Waals surface area (Å²) in [5.74, 6) is 0. The van der Waals surface area contributed by atoms with Crippen LogP contribution in [0, 0.1) is 11.3 Å². The summed E-state index contributed by atoms with van der Waals surface area (Å²) in [6, 6.07) is 106. The van der Waals surface area contributed by atoms with E-state index in [4.69, 9.17) is 4.98 Å². The molecular formula is C80H48N8. The fourth-order valence-electron chi connectivity index (χ4n) is 15.0. The number of benzene rings is 12. The zero-order valence-electron chi connectivity index (χ0n) is 47.3. The summed E-state index contributed by atoms with van der Waals surface area (Å²) in [4.78, 5) is 5.57. The van der Waals surface area contributed by atoms with Crippen molar-refractivity contribution in [3.05, 3.63) is 297 Å². The van der Waals surface area contributed by atoms with Crippen molar-refractivity contribution in [2.24, 2.45) is 0 Å². The van der Waals surface area contributed by atoms with Gasteiger partial charge in [-0.3, -0.25) is 4.98 Å². The van der Waals surface area contributed by atoms with E-state index in [1.54, 1.807) is 6.20 Å². The molecule has 19 aromatic rings. The van der Waals surface area contributed by atoms with E-state index in [1.165, 1.54) is 0 Å². The van der Waals surface area contributed by atoms with Crippen molar-refractivity contribution in [2.75, 3.05) is 0 Å². The second kappa shape index (κ2) is 18.4. The van der Waals surface area contributed by atoms with Crippen molar-refractivity contribution in [2.45, 2.75) is 0 Å². The Bertz CT molecular complexity index is 5720. The number of rotatable bonds is 7. The molecule has 0 saturated heterocycles. The highest BCUT2D eigenvalue weighted by Gasteiger charge is 2.38. The smallest absolute Gasteiger partial charge is 0.101 e. The average Bonchev–Trinajstić information content (AvgIpc) is 1.51. The molecule has 0 fully saturated rings. The van der Waals surface area contributed by atoms with E-state index in [9.17, 15) is 5.26 Å². The van der Waals surface area contributed by atoms with Gasteiger partial charge in [0.25, 0.3) is 0 Å². The summed E-state index contributed by atoms with van der Waals surface area (Å²) < 4.78 is 15.3. The quantitative estimate of drug-likeness (QED) is 0.160. The molecule has 8 nitrogen and oxygen atoms in total. The maximum atomic E-state index is 10.7. The standard InChI is InChI=1S/C80H48N8/c81-48-50-46-47-62(82-49-50)73-76(84-63-36-14-4-26-52(63)53-27-5-15-37-64(53)84)78(86-67-40-18-8-30-56(67)57-31-9-19-41-68(57)86)80(88-72-45-23-13-35-61(72)74-75(88)60-34-12-22-44-71(60)83(74)51-24-2-1-3-25-51)79(87-69-42-20-10-32-58(69)59-33-11-21-43-70(59)87)77(73)85-65-38-16-6-28-54(65)55-29-7-17-39-66(55)85/h1-47,49H. The number of pyridine rings is 1. The zero-order chi connectivity index (χ0) is 57.7. The van der Waals surface area contributed by atoms with Gasteiger partial charge < -0.3 is 27.4 Å². The maximum Gasteiger partial charge on any atom is 0.101 e. The van der Waals surface area contributed by atoms with E-state index in [0.717, 1.165) is 160 Å². The van der Waals surface area contributed by atoms with Gasteiger partial charge in [0.15, 0.2) is 0 Å². The topological polar surface area (TPSA) is 66.3 Å². The van der Waals surface area contributed by atoms with Crippen LogP contribution in [0.15, 0.2) is 291 Å². The summed E-state index contributed by atoms with van der Waals surface area (Å²) in [5, 5.41) is 21.9.